The first-order valence-corrected chi connectivity index (χ1v) is 5.34. The van der Waals surface area contributed by atoms with Crippen molar-refractivity contribution >= 4 is 0 Å². The zero-order chi connectivity index (χ0) is 13.3. The summed E-state index contributed by atoms with van der Waals surface area (Å²) in [4.78, 5) is 4.19. The number of aromatic nitrogens is 2. The predicted molar refractivity (Wildman–Crippen MR) is 61.2 cm³/mol. The van der Waals surface area contributed by atoms with E-state index in [0.29, 0.717) is 23.8 Å². The standard InChI is InChI=1S/C12H12F3N3/c1-8-17-10(6-16)7-18(8)11-4-2-9(3-5-11)12(13,14)15/h2-5,7H,6,16H2,1H3. The number of halogens is 3. The van der Waals surface area contributed by atoms with Crippen molar-refractivity contribution in [2.24, 2.45) is 5.73 Å². The zero-order valence-electron chi connectivity index (χ0n) is 9.70. The van der Waals surface area contributed by atoms with Gasteiger partial charge in [0.1, 0.15) is 5.82 Å². The lowest BCUT2D eigenvalue weighted by Gasteiger charge is -2.08. The van der Waals surface area contributed by atoms with Crippen molar-refractivity contribution in [3.8, 4) is 5.69 Å². The summed E-state index contributed by atoms with van der Waals surface area (Å²) in [6, 6.07) is 4.93. The number of benzene rings is 1. The Bertz CT molecular complexity index is 541. The Balaban J connectivity index is 2.37. The Morgan fingerprint density at radius 2 is 1.83 bits per heavy atom. The monoisotopic (exact) mass is 255 g/mol. The molecule has 1 aromatic carbocycles. The molecular weight excluding hydrogens is 243 g/mol. The molecule has 0 fully saturated rings. The van der Waals surface area contributed by atoms with Crippen molar-refractivity contribution in [2.45, 2.75) is 19.6 Å². The van der Waals surface area contributed by atoms with Gasteiger partial charge in [-0.3, -0.25) is 0 Å². The molecule has 0 spiro atoms. The average molecular weight is 255 g/mol. The van der Waals surface area contributed by atoms with Gasteiger partial charge in [0.25, 0.3) is 0 Å². The van der Waals surface area contributed by atoms with Gasteiger partial charge in [0.2, 0.25) is 0 Å². The first-order chi connectivity index (χ1) is 8.41. The molecule has 6 heteroatoms. The van der Waals surface area contributed by atoms with Crippen molar-refractivity contribution in [1.82, 2.24) is 9.55 Å². The predicted octanol–water partition coefficient (Wildman–Crippen LogP) is 2.66. The van der Waals surface area contributed by atoms with Crippen LogP contribution >= 0.6 is 0 Å². The zero-order valence-corrected chi connectivity index (χ0v) is 9.70. The molecule has 2 N–H and O–H groups in total. The van der Waals surface area contributed by atoms with E-state index in [-0.39, 0.29) is 0 Å². The minimum atomic E-state index is -4.31. The van der Waals surface area contributed by atoms with E-state index in [9.17, 15) is 13.2 Å². The molecule has 0 atom stereocenters. The van der Waals surface area contributed by atoms with Crippen LogP contribution in [0.1, 0.15) is 17.1 Å². The maximum Gasteiger partial charge on any atom is 0.416 e. The lowest BCUT2D eigenvalue weighted by atomic mass is 10.2. The summed E-state index contributed by atoms with van der Waals surface area (Å²) in [6.07, 6.45) is -2.59. The second-order valence-corrected chi connectivity index (χ2v) is 3.90. The van der Waals surface area contributed by atoms with Gasteiger partial charge in [-0.15, -0.1) is 0 Å². The van der Waals surface area contributed by atoms with Gasteiger partial charge in [0.05, 0.1) is 11.3 Å². The van der Waals surface area contributed by atoms with Gasteiger partial charge in [0, 0.05) is 18.4 Å². The van der Waals surface area contributed by atoms with E-state index in [2.05, 4.69) is 4.98 Å². The van der Waals surface area contributed by atoms with E-state index >= 15 is 0 Å². The molecule has 18 heavy (non-hydrogen) atoms. The molecule has 0 aliphatic carbocycles. The van der Waals surface area contributed by atoms with Crippen molar-refractivity contribution in [2.75, 3.05) is 0 Å². The lowest BCUT2D eigenvalue weighted by molar-refractivity contribution is -0.137. The van der Waals surface area contributed by atoms with Gasteiger partial charge >= 0.3 is 6.18 Å². The van der Waals surface area contributed by atoms with Crippen LogP contribution in [0, 0.1) is 6.92 Å². The maximum absolute atomic E-state index is 12.4. The Morgan fingerprint density at radius 1 is 1.22 bits per heavy atom. The number of imidazole rings is 1. The number of nitrogens with two attached hydrogens (primary N) is 1. The normalized spacial score (nSPS) is 11.8. The number of hydrogen-bond donors (Lipinski definition) is 1. The summed E-state index contributed by atoms with van der Waals surface area (Å²) in [7, 11) is 0. The third-order valence-electron chi connectivity index (χ3n) is 2.61. The van der Waals surface area contributed by atoms with Crippen molar-refractivity contribution in [3.63, 3.8) is 0 Å². The highest BCUT2D eigenvalue weighted by molar-refractivity contribution is 5.37. The number of nitrogens with zero attached hydrogens (tertiary/aromatic N) is 2. The Kier molecular flexibility index (Phi) is 3.13. The fourth-order valence-corrected chi connectivity index (χ4v) is 1.70. The van der Waals surface area contributed by atoms with Crippen LogP contribution < -0.4 is 5.73 Å². The van der Waals surface area contributed by atoms with Crippen molar-refractivity contribution in [3.05, 3.63) is 47.5 Å². The fraction of sp³-hybridized carbons (Fsp3) is 0.250. The first-order valence-electron chi connectivity index (χ1n) is 5.34. The topological polar surface area (TPSA) is 43.8 Å². The van der Waals surface area contributed by atoms with Gasteiger partial charge in [-0.25, -0.2) is 4.98 Å². The molecule has 1 heterocycles. The summed E-state index contributed by atoms with van der Waals surface area (Å²) in [5, 5.41) is 0. The molecule has 0 unspecified atom stereocenters. The minimum absolute atomic E-state index is 0.300. The van der Waals surface area contributed by atoms with E-state index < -0.39 is 11.7 Å². The van der Waals surface area contributed by atoms with Gasteiger partial charge in [-0.05, 0) is 31.2 Å². The van der Waals surface area contributed by atoms with E-state index in [1.165, 1.54) is 12.1 Å². The largest absolute Gasteiger partial charge is 0.416 e. The van der Waals surface area contributed by atoms with Gasteiger partial charge in [0.15, 0.2) is 0 Å². The highest BCUT2D eigenvalue weighted by Crippen LogP contribution is 2.29. The van der Waals surface area contributed by atoms with Crippen LogP contribution in [0.5, 0.6) is 0 Å². The van der Waals surface area contributed by atoms with Crippen LogP contribution in [-0.2, 0) is 12.7 Å². The van der Waals surface area contributed by atoms with Crippen LogP contribution in [0.3, 0.4) is 0 Å². The summed E-state index contributed by atoms with van der Waals surface area (Å²) < 4.78 is 39.0. The van der Waals surface area contributed by atoms with Crippen LogP contribution in [0.15, 0.2) is 30.5 Å². The molecule has 2 rings (SSSR count). The van der Waals surface area contributed by atoms with Crippen LogP contribution in [0.4, 0.5) is 13.2 Å². The van der Waals surface area contributed by atoms with Gasteiger partial charge in [-0.1, -0.05) is 0 Å². The van der Waals surface area contributed by atoms with Crippen molar-refractivity contribution in [1.29, 1.82) is 0 Å². The Labute approximate surface area is 102 Å². The van der Waals surface area contributed by atoms with Crippen LogP contribution in [0.25, 0.3) is 5.69 Å². The second kappa shape index (κ2) is 4.45. The van der Waals surface area contributed by atoms with E-state index in [1.54, 1.807) is 17.7 Å². The SMILES string of the molecule is Cc1nc(CN)cn1-c1ccc(C(F)(F)F)cc1. The molecule has 0 bridgehead atoms. The highest BCUT2D eigenvalue weighted by atomic mass is 19.4. The molecule has 96 valence electrons. The molecular formula is C12H12F3N3. The second-order valence-electron chi connectivity index (χ2n) is 3.90. The molecule has 0 aliphatic heterocycles. The minimum Gasteiger partial charge on any atom is -0.325 e. The highest BCUT2D eigenvalue weighted by Gasteiger charge is 2.30. The molecule has 0 saturated carbocycles. The van der Waals surface area contributed by atoms with Crippen molar-refractivity contribution < 1.29 is 13.2 Å². The number of rotatable bonds is 2. The van der Waals surface area contributed by atoms with Crippen LogP contribution in [-0.4, -0.2) is 9.55 Å². The van der Waals surface area contributed by atoms with Gasteiger partial charge < -0.3 is 10.3 Å². The summed E-state index contributed by atoms with van der Waals surface area (Å²) >= 11 is 0. The summed E-state index contributed by atoms with van der Waals surface area (Å²) in [6.45, 7) is 2.07. The summed E-state index contributed by atoms with van der Waals surface area (Å²) in [5.74, 6) is 0.690. The molecule has 2 aromatic rings. The Hall–Kier alpha value is -1.82. The molecule has 0 amide bonds. The third-order valence-corrected chi connectivity index (χ3v) is 2.61. The fourth-order valence-electron chi connectivity index (χ4n) is 1.70. The molecule has 1 aromatic heterocycles. The third kappa shape index (κ3) is 2.38. The smallest absolute Gasteiger partial charge is 0.325 e. The molecule has 3 nitrogen and oxygen atoms in total. The average Bonchev–Trinajstić information content (AvgIpc) is 2.70. The van der Waals surface area contributed by atoms with E-state index in [4.69, 9.17) is 5.73 Å². The Morgan fingerprint density at radius 3 is 2.28 bits per heavy atom. The molecule has 0 aliphatic rings. The number of aryl methyl sites for hydroxylation is 1. The van der Waals surface area contributed by atoms with Crippen LogP contribution in [0.2, 0.25) is 0 Å². The van der Waals surface area contributed by atoms with Gasteiger partial charge in [-0.2, -0.15) is 13.2 Å². The quantitative estimate of drug-likeness (QED) is 0.896. The molecule has 0 radical (unpaired) electrons. The van der Waals surface area contributed by atoms with E-state index in [1.807, 2.05) is 0 Å². The number of hydrogen-bond acceptors (Lipinski definition) is 2. The number of alkyl halides is 3. The maximum atomic E-state index is 12.4. The summed E-state index contributed by atoms with van der Waals surface area (Å²) in [5.41, 5.74) is 6.14. The lowest BCUT2D eigenvalue weighted by Crippen LogP contribution is -2.05. The molecule has 0 saturated heterocycles. The van der Waals surface area contributed by atoms with E-state index in [0.717, 1.165) is 12.1 Å². The first kappa shape index (κ1) is 12.6.